The van der Waals surface area contributed by atoms with Gasteiger partial charge in [0.2, 0.25) is 0 Å². The van der Waals surface area contributed by atoms with E-state index < -0.39 is 0 Å². The Kier molecular flexibility index (Phi) is 6.50. The zero-order valence-corrected chi connectivity index (χ0v) is 15.5. The van der Waals surface area contributed by atoms with Crippen LogP contribution < -0.4 is 14.4 Å². The lowest BCUT2D eigenvalue weighted by atomic mass is 10.2. The summed E-state index contributed by atoms with van der Waals surface area (Å²) in [5.74, 6) is 1.52. The largest absolute Gasteiger partial charge is 0.490 e. The Morgan fingerprint density at radius 3 is 2.35 bits per heavy atom. The van der Waals surface area contributed by atoms with Crippen LogP contribution in [0.3, 0.4) is 0 Å². The molecular weight excluding hydrogens is 328 g/mol. The van der Waals surface area contributed by atoms with Gasteiger partial charge in [-0.15, -0.1) is 0 Å². The first-order valence-corrected chi connectivity index (χ1v) is 9.16. The number of benzene rings is 2. The summed E-state index contributed by atoms with van der Waals surface area (Å²) in [5, 5.41) is 0. The molecule has 0 amide bonds. The van der Waals surface area contributed by atoms with Gasteiger partial charge < -0.3 is 19.1 Å². The summed E-state index contributed by atoms with van der Waals surface area (Å²) in [7, 11) is 0. The molecule has 1 aliphatic rings. The lowest BCUT2D eigenvalue weighted by molar-refractivity contribution is 0.122. The van der Waals surface area contributed by atoms with Crippen LogP contribution in [0.4, 0.5) is 11.4 Å². The molecule has 5 heteroatoms. The lowest BCUT2D eigenvalue weighted by Crippen LogP contribution is -2.36. The van der Waals surface area contributed by atoms with Crippen LogP contribution in [0.2, 0.25) is 0 Å². The van der Waals surface area contributed by atoms with E-state index in [0.717, 1.165) is 49.1 Å². The maximum absolute atomic E-state index is 5.66. The number of nitrogens with zero attached hydrogens (tertiary/aromatic N) is 2. The molecule has 5 nitrogen and oxygen atoms in total. The van der Waals surface area contributed by atoms with E-state index in [4.69, 9.17) is 14.2 Å². The van der Waals surface area contributed by atoms with Gasteiger partial charge in [-0.25, -0.2) is 0 Å². The second-order valence-corrected chi connectivity index (χ2v) is 5.95. The fourth-order valence-electron chi connectivity index (χ4n) is 2.87. The van der Waals surface area contributed by atoms with Gasteiger partial charge in [-0.05, 0) is 61.9 Å². The molecule has 3 rings (SSSR count). The van der Waals surface area contributed by atoms with Crippen molar-refractivity contribution < 1.29 is 14.2 Å². The predicted molar refractivity (Wildman–Crippen MR) is 106 cm³/mol. The van der Waals surface area contributed by atoms with E-state index in [0.29, 0.717) is 13.2 Å². The van der Waals surface area contributed by atoms with E-state index >= 15 is 0 Å². The van der Waals surface area contributed by atoms with Crippen molar-refractivity contribution in [2.45, 2.75) is 13.8 Å². The molecule has 1 heterocycles. The molecule has 0 radical (unpaired) electrons. The third-order valence-electron chi connectivity index (χ3n) is 4.16. The third-order valence-corrected chi connectivity index (χ3v) is 4.16. The second-order valence-electron chi connectivity index (χ2n) is 5.95. The highest BCUT2D eigenvalue weighted by Gasteiger charge is 2.10. The summed E-state index contributed by atoms with van der Waals surface area (Å²) in [6.07, 6.45) is 1.85. The molecule has 138 valence electrons. The van der Waals surface area contributed by atoms with E-state index in [2.05, 4.69) is 22.0 Å². The monoisotopic (exact) mass is 354 g/mol. The number of morpholine rings is 1. The van der Waals surface area contributed by atoms with Crippen molar-refractivity contribution in [1.82, 2.24) is 0 Å². The first-order chi connectivity index (χ1) is 12.8. The molecule has 0 bridgehead atoms. The van der Waals surface area contributed by atoms with Gasteiger partial charge in [-0.3, -0.25) is 4.99 Å². The van der Waals surface area contributed by atoms with E-state index in [9.17, 15) is 0 Å². The number of rotatable bonds is 7. The maximum atomic E-state index is 5.66. The van der Waals surface area contributed by atoms with Crippen molar-refractivity contribution in [3.8, 4) is 11.5 Å². The molecule has 0 atom stereocenters. The smallest absolute Gasteiger partial charge is 0.161 e. The molecule has 1 aliphatic heterocycles. The topological polar surface area (TPSA) is 43.3 Å². The van der Waals surface area contributed by atoms with Crippen LogP contribution in [-0.2, 0) is 4.74 Å². The Balaban J connectivity index is 1.69. The molecule has 0 N–H and O–H groups in total. The Labute approximate surface area is 155 Å². The van der Waals surface area contributed by atoms with Crippen LogP contribution >= 0.6 is 0 Å². The average Bonchev–Trinajstić information content (AvgIpc) is 2.69. The fourth-order valence-corrected chi connectivity index (χ4v) is 2.87. The Morgan fingerprint density at radius 2 is 1.65 bits per heavy atom. The van der Waals surface area contributed by atoms with E-state index in [1.165, 1.54) is 5.69 Å². The summed E-state index contributed by atoms with van der Waals surface area (Å²) >= 11 is 0. The van der Waals surface area contributed by atoms with Crippen LogP contribution in [0.5, 0.6) is 11.5 Å². The first-order valence-electron chi connectivity index (χ1n) is 9.16. The summed E-state index contributed by atoms with van der Waals surface area (Å²) in [5.41, 5.74) is 3.12. The normalized spacial score (nSPS) is 14.6. The highest BCUT2D eigenvalue weighted by Crippen LogP contribution is 2.28. The standard InChI is InChI=1S/C21H26N2O3/c1-3-25-20-10-5-17(15-21(20)26-4-2)16-22-18-6-8-19(9-7-18)23-11-13-24-14-12-23/h5-10,15-16H,3-4,11-14H2,1-2H3. The Bertz CT molecular complexity index is 723. The minimum absolute atomic E-state index is 0.601. The summed E-state index contributed by atoms with van der Waals surface area (Å²) in [6.45, 7) is 8.61. The molecular formula is C21H26N2O3. The third kappa shape index (κ3) is 4.76. The van der Waals surface area contributed by atoms with E-state index in [1.807, 2.05) is 50.4 Å². The molecule has 0 saturated carbocycles. The van der Waals surface area contributed by atoms with Gasteiger partial charge in [0.1, 0.15) is 0 Å². The highest BCUT2D eigenvalue weighted by atomic mass is 16.5. The zero-order valence-electron chi connectivity index (χ0n) is 15.5. The van der Waals surface area contributed by atoms with Gasteiger partial charge in [-0.1, -0.05) is 0 Å². The SMILES string of the molecule is CCOc1ccc(C=Nc2ccc(N3CCOCC3)cc2)cc1OCC. The molecule has 1 fully saturated rings. The fraction of sp³-hybridized carbons (Fsp3) is 0.381. The number of anilines is 1. The van der Waals surface area contributed by atoms with Crippen molar-refractivity contribution in [2.75, 3.05) is 44.4 Å². The quantitative estimate of drug-likeness (QED) is 0.703. The zero-order chi connectivity index (χ0) is 18.2. The van der Waals surface area contributed by atoms with Crippen molar-refractivity contribution in [2.24, 2.45) is 4.99 Å². The minimum Gasteiger partial charge on any atom is -0.490 e. The van der Waals surface area contributed by atoms with Crippen molar-refractivity contribution >= 4 is 17.6 Å². The van der Waals surface area contributed by atoms with Crippen LogP contribution in [0.15, 0.2) is 47.5 Å². The van der Waals surface area contributed by atoms with Crippen molar-refractivity contribution in [3.63, 3.8) is 0 Å². The Morgan fingerprint density at radius 1 is 0.962 bits per heavy atom. The summed E-state index contributed by atoms with van der Waals surface area (Å²) in [4.78, 5) is 6.91. The predicted octanol–water partition coefficient (Wildman–Crippen LogP) is 4.07. The van der Waals surface area contributed by atoms with Crippen LogP contribution in [0, 0.1) is 0 Å². The summed E-state index contributed by atoms with van der Waals surface area (Å²) < 4.78 is 16.7. The van der Waals surface area contributed by atoms with Gasteiger partial charge >= 0.3 is 0 Å². The number of ether oxygens (including phenoxy) is 3. The lowest BCUT2D eigenvalue weighted by Gasteiger charge is -2.28. The molecule has 2 aromatic rings. The molecule has 1 saturated heterocycles. The van der Waals surface area contributed by atoms with Gasteiger partial charge in [0, 0.05) is 25.0 Å². The van der Waals surface area contributed by atoms with Gasteiger partial charge in [0.15, 0.2) is 11.5 Å². The highest BCUT2D eigenvalue weighted by molar-refractivity contribution is 5.83. The molecule has 26 heavy (non-hydrogen) atoms. The van der Waals surface area contributed by atoms with Gasteiger partial charge in [0.05, 0.1) is 32.1 Å². The molecule has 0 spiro atoms. The van der Waals surface area contributed by atoms with Crippen LogP contribution in [0.1, 0.15) is 19.4 Å². The number of hydrogen-bond donors (Lipinski definition) is 0. The molecule has 0 aromatic heterocycles. The van der Waals surface area contributed by atoms with E-state index in [-0.39, 0.29) is 0 Å². The molecule has 0 unspecified atom stereocenters. The van der Waals surface area contributed by atoms with Crippen LogP contribution in [-0.4, -0.2) is 45.7 Å². The van der Waals surface area contributed by atoms with Gasteiger partial charge in [-0.2, -0.15) is 0 Å². The summed E-state index contributed by atoms with van der Waals surface area (Å²) in [6, 6.07) is 14.2. The number of aliphatic imine (C=N–C) groups is 1. The maximum Gasteiger partial charge on any atom is 0.161 e. The van der Waals surface area contributed by atoms with Gasteiger partial charge in [0.25, 0.3) is 0 Å². The van der Waals surface area contributed by atoms with Crippen molar-refractivity contribution in [3.05, 3.63) is 48.0 Å². The minimum atomic E-state index is 0.601. The van der Waals surface area contributed by atoms with Crippen molar-refractivity contribution in [1.29, 1.82) is 0 Å². The van der Waals surface area contributed by atoms with E-state index in [1.54, 1.807) is 0 Å². The number of hydrogen-bond acceptors (Lipinski definition) is 5. The Hall–Kier alpha value is -2.53. The molecule has 2 aromatic carbocycles. The molecule has 0 aliphatic carbocycles. The van der Waals surface area contributed by atoms with Crippen LogP contribution in [0.25, 0.3) is 0 Å². The average molecular weight is 354 g/mol. The first kappa shape index (κ1) is 18.3. The second kappa shape index (κ2) is 9.25.